The number of phosphoric acid groups is 2. The van der Waals surface area contributed by atoms with Crippen molar-refractivity contribution in [2.45, 2.75) is 24.9 Å². The number of imidazole rings is 1. The molecule has 0 aromatic carbocycles. The monoisotopic (exact) mass is 427 g/mol. The highest BCUT2D eigenvalue weighted by Gasteiger charge is 2.39. The molecule has 0 aliphatic carbocycles. The molecule has 1 aliphatic heterocycles. The van der Waals surface area contributed by atoms with Gasteiger partial charge < -0.3 is 30.3 Å². The second-order valence-electron chi connectivity index (χ2n) is 5.54. The van der Waals surface area contributed by atoms with Gasteiger partial charge in [0.05, 0.1) is 19.0 Å². The average Bonchev–Trinajstić information content (AvgIpc) is 3.06. The maximum atomic E-state index is 11.8. The molecule has 17 heteroatoms. The number of ether oxygens (including phenoxy) is 1. The lowest BCUT2D eigenvalue weighted by Gasteiger charge is -2.18. The standard InChI is InChI=1S/C10H15N5O10P2/c11-10-13-8-7(9(17)14-10)12-3-15(8)6-1-4(16)5(24-6)2-23-27(21,22)25-26(18,19)20/h3-6,16H,1-2H2,(H,21,22)(H2,18,19,20)(H3,11,13,14,17)/t4?,5-,6-/m1/s1. The van der Waals surface area contributed by atoms with Gasteiger partial charge in [0.25, 0.3) is 5.56 Å². The molecule has 15 nitrogen and oxygen atoms in total. The molecule has 150 valence electrons. The lowest BCUT2D eigenvalue weighted by molar-refractivity contribution is -0.0423. The lowest BCUT2D eigenvalue weighted by atomic mass is 10.2. The van der Waals surface area contributed by atoms with Crippen molar-refractivity contribution in [1.82, 2.24) is 19.5 Å². The van der Waals surface area contributed by atoms with Crippen molar-refractivity contribution < 1.29 is 42.5 Å². The highest BCUT2D eigenvalue weighted by molar-refractivity contribution is 7.60. The predicted molar refractivity (Wildman–Crippen MR) is 86.0 cm³/mol. The summed E-state index contributed by atoms with van der Waals surface area (Å²) in [4.78, 5) is 48.3. The number of hydrogen-bond donors (Lipinski definition) is 6. The Morgan fingerprint density at radius 2 is 2.11 bits per heavy atom. The zero-order chi connectivity index (χ0) is 20.0. The first kappa shape index (κ1) is 20.1. The van der Waals surface area contributed by atoms with Crippen LogP contribution in [-0.2, 0) is 22.7 Å². The fourth-order valence-electron chi connectivity index (χ4n) is 2.52. The van der Waals surface area contributed by atoms with E-state index in [1.807, 2.05) is 0 Å². The van der Waals surface area contributed by atoms with Crippen molar-refractivity contribution in [3.8, 4) is 0 Å². The van der Waals surface area contributed by atoms with Gasteiger partial charge in [-0.25, -0.2) is 14.1 Å². The molecule has 0 amide bonds. The fourth-order valence-corrected chi connectivity index (χ4v) is 4.11. The molecule has 4 atom stereocenters. The Morgan fingerprint density at radius 1 is 1.41 bits per heavy atom. The van der Waals surface area contributed by atoms with E-state index < -0.39 is 46.2 Å². The summed E-state index contributed by atoms with van der Waals surface area (Å²) in [6.45, 7) is -0.700. The van der Waals surface area contributed by atoms with Crippen LogP contribution in [0.25, 0.3) is 11.2 Å². The topological polar surface area (TPSA) is 232 Å². The van der Waals surface area contributed by atoms with Crippen LogP contribution in [0.2, 0.25) is 0 Å². The van der Waals surface area contributed by atoms with Crippen LogP contribution in [-0.4, -0.2) is 58.1 Å². The van der Waals surface area contributed by atoms with Gasteiger partial charge >= 0.3 is 15.6 Å². The summed E-state index contributed by atoms with van der Waals surface area (Å²) in [5.74, 6) is -0.150. The third kappa shape index (κ3) is 4.60. The number of aromatic amines is 1. The van der Waals surface area contributed by atoms with Crippen molar-refractivity contribution in [1.29, 1.82) is 0 Å². The van der Waals surface area contributed by atoms with Crippen LogP contribution in [0.5, 0.6) is 0 Å². The SMILES string of the molecule is Nc1nc2c(ncn2[C@H]2CC(O)[C@@H](COP(=O)(O)OP(=O)(O)O)O2)c(=O)[nH]1. The zero-order valence-electron chi connectivity index (χ0n) is 13.3. The molecule has 0 bridgehead atoms. The summed E-state index contributed by atoms with van der Waals surface area (Å²) in [5, 5.41) is 10.1. The van der Waals surface area contributed by atoms with E-state index >= 15 is 0 Å². The second-order valence-corrected chi connectivity index (χ2v) is 8.37. The van der Waals surface area contributed by atoms with Gasteiger partial charge in [-0.1, -0.05) is 0 Å². The van der Waals surface area contributed by atoms with Crippen LogP contribution < -0.4 is 11.3 Å². The van der Waals surface area contributed by atoms with E-state index in [2.05, 4.69) is 23.8 Å². The molecule has 7 N–H and O–H groups in total. The molecule has 0 saturated carbocycles. The number of nitrogens with two attached hydrogens (primary N) is 1. The first-order valence-corrected chi connectivity index (χ1v) is 10.3. The van der Waals surface area contributed by atoms with Crippen LogP contribution >= 0.6 is 15.6 Å². The molecule has 1 aliphatic rings. The molecule has 2 aromatic rings. The van der Waals surface area contributed by atoms with Gasteiger partial charge in [0.1, 0.15) is 12.3 Å². The number of H-pyrrole nitrogens is 1. The minimum atomic E-state index is -5.26. The zero-order valence-corrected chi connectivity index (χ0v) is 15.1. The Morgan fingerprint density at radius 3 is 2.78 bits per heavy atom. The average molecular weight is 427 g/mol. The van der Waals surface area contributed by atoms with Crippen LogP contribution in [0.4, 0.5) is 5.95 Å². The summed E-state index contributed by atoms with van der Waals surface area (Å²) >= 11 is 0. The molecule has 3 heterocycles. The van der Waals surface area contributed by atoms with E-state index in [0.717, 1.165) is 0 Å². The normalized spacial score (nSPS) is 25.7. The molecule has 27 heavy (non-hydrogen) atoms. The van der Waals surface area contributed by atoms with Gasteiger partial charge in [-0.3, -0.25) is 18.9 Å². The number of hydrogen-bond acceptors (Lipinski definition) is 10. The van der Waals surface area contributed by atoms with Crippen LogP contribution in [0, 0.1) is 0 Å². The summed E-state index contributed by atoms with van der Waals surface area (Å²) in [5.41, 5.74) is 5.03. The van der Waals surface area contributed by atoms with Gasteiger partial charge in [-0.05, 0) is 0 Å². The minimum Gasteiger partial charge on any atom is -0.390 e. The summed E-state index contributed by atoms with van der Waals surface area (Å²) in [6.07, 6.45) is -1.91. The number of nitrogens with one attached hydrogen (secondary N) is 1. The van der Waals surface area contributed by atoms with Crippen LogP contribution in [0.15, 0.2) is 11.1 Å². The third-order valence-corrected chi connectivity index (χ3v) is 5.73. The predicted octanol–water partition coefficient (Wildman–Crippen LogP) is -1.42. The van der Waals surface area contributed by atoms with Gasteiger partial charge in [-0.2, -0.15) is 9.29 Å². The quantitative estimate of drug-likeness (QED) is 0.291. The molecule has 1 saturated heterocycles. The van der Waals surface area contributed by atoms with Gasteiger partial charge in [-0.15, -0.1) is 0 Å². The number of nitrogen functional groups attached to an aromatic ring is 1. The van der Waals surface area contributed by atoms with E-state index in [9.17, 15) is 23.9 Å². The maximum absolute atomic E-state index is 11.8. The molecule has 2 aromatic heterocycles. The second kappa shape index (κ2) is 7.05. The molecule has 0 spiro atoms. The van der Waals surface area contributed by atoms with Gasteiger partial charge in [0.15, 0.2) is 11.2 Å². The number of fused-ring (bicyclic) bond motifs is 1. The summed E-state index contributed by atoms with van der Waals surface area (Å²) < 4.78 is 37.0. The lowest BCUT2D eigenvalue weighted by Crippen LogP contribution is -2.26. The Balaban J connectivity index is 1.73. The van der Waals surface area contributed by atoms with Gasteiger partial charge in [0.2, 0.25) is 5.95 Å². The highest BCUT2D eigenvalue weighted by atomic mass is 31.3. The number of aliphatic hydroxyl groups is 1. The first-order chi connectivity index (χ1) is 12.5. The van der Waals surface area contributed by atoms with Crippen molar-refractivity contribution in [3.63, 3.8) is 0 Å². The van der Waals surface area contributed by atoms with Crippen molar-refractivity contribution in [3.05, 3.63) is 16.7 Å². The summed E-state index contributed by atoms with van der Waals surface area (Å²) in [7, 11) is -10.3. The fraction of sp³-hybridized carbons (Fsp3) is 0.500. The Labute approximate surface area is 149 Å². The number of aliphatic hydroxyl groups excluding tert-OH is 1. The van der Waals surface area contributed by atoms with Gasteiger partial charge in [0, 0.05) is 6.42 Å². The van der Waals surface area contributed by atoms with E-state index in [1.165, 1.54) is 10.9 Å². The Kier molecular flexibility index (Phi) is 5.24. The van der Waals surface area contributed by atoms with Crippen LogP contribution in [0.1, 0.15) is 12.6 Å². The first-order valence-electron chi connectivity index (χ1n) is 7.25. The number of phosphoric ester groups is 1. The Bertz CT molecular complexity index is 1000. The molecule has 1 fully saturated rings. The highest BCUT2D eigenvalue weighted by Crippen LogP contribution is 2.57. The van der Waals surface area contributed by atoms with Crippen molar-refractivity contribution >= 4 is 32.8 Å². The molecule has 3 rings (SSSR count). The van der Waals surface area contributed by atoms with E-state index in [0.29, 0.717) is 0 Å². The molecular weight excluding hydrogens is 412 g/mol. The number of nitrogens with zero attached hydrogens (tertiary/aromatic N) is 3. The van der Waals surface area contributed by atoms with Crippen molar-refractivity contribution in [2.24, 2.45) is 0 Å². The molecule has 2 unspecified atom stereocenters. The number of rotatable bonds is 6. The number of anilines is 1. The Hall–Kier alpha value is -1.67. The van der Waals surface area contributed by atoms with Crippen molar-refractivity contribution in [2.75, 3.05) is 12.3 Å². The summed E-state index contributed by atoms with van der Waals surface area (Å²) in [6, 6.07) is 0. The van der Waals surface area contributed by atoms with Crippen LogP contribution in [0.3, 0.4) is 0 Å². The number of aromatic nitrogens is 4. The smallest absolute Gasteiger partial charge is 0.390 e. The molecular formula is C10H15N5O10P2. The van der Waals surface area contributed by atoms with E-state index in [4.69, 9.17) is 20.3 Å². The largest absolute Gasteiger partial charge is 0.481 e. The van der Waals surface area contributed by atoms with E-state index in [1.54, 1.807) is 0 Å². The van der Waals surface area contributed by atoms with E-state index in [-0.39, 0.29) is 23.5 Å². The maximum Gasteiger partial charge on any atom is 0.481 e. The molecule has 0 radical (unpaired) electrons. The minimum absolute atomic E-state index is 0.00288. The third-order valence-electron chi connectivity index (χ3n) is 3.58.